The zero-order valence-corrected chi connectivity index (χ0v) is 14.2. The molecule has 1 rings (SSSR count). The van der Waals surface area contributed by atoms with E-state index in [4.69, 9.17) is 5.73 Å². The molecule has 0 aliphatic heterocycles. The average molecular weight is 276 g/mol. The van der Waals surface area contributed by atoms with Crippen molar-refractivity contribution in [2.24, 2.45) is 11.1 Å². The topological polar surface area (TPSA) is 29.3 Å². The van der Waals surface area contributed by atoms with E-state index in [-0.39, 0.29) is 5.41 Å². The van der Waals surface area contributed by atoms with Gasteiger partial charge >= 0.3 is 0 Å². The van der Waals surface area contributed by atoms with Gasteiger partial charge in [0.25, 0.3) is 0 Å². The third-order valence-corrected chi connectivity index (χ3v) is 3.97. The molecule has 0 aromatic heterocycles. The van der Waals surface area contributed by atoms with Gasteiger partial charge in [0.2, 0.25) is 0 Å². The first-order chi connectivity index (χ1) is 9.29. The SMILES string of the molecule is CCCN(CC(C)(C)CN)C(C)c1cc(C)cc(C)c1. The molecular formula is C18H32N2. The van der Waals surface area contributed by atoms with Gasteiger partial charge in [-0.3, -0.25) is 4.90 Å². The Kier molecular flexibility index (Phi) is 6.22. The Morgan fingerprint density at radius 2 is 1.70 bits per heavy atom. The molecule has 0 aliphatic rings. The van der Waals surface area contributed by atoms with Crippen LogP contribution in [0.25, 0.3) is 0 Å². The van der Waals surface area contributed by atoms with Crippen molar-refractivity contribution in [3.8, 4) is 0 Å². The molecule has 2 heteroatoms. The van der Waals surface area contributed by atoms with Gasteiger partial charge < -0.3 is 5.73 Å². The first kappa shape index (κ1) is 17.2. The smallest absolute Gasteiger partial charge is 0.0320 e. The minimum absolute atomic E-state index is 0.169. The summed E-state index contributed by atoms with van der Waals surface area (Å²) in [5, 5.41) is 0. The van der Waals surface area contributed by atoms with Gasteiger partial charge in [0.1, 0.15) is 0 Å². The Bertz CT molecular complexity index is 403. The van der Waals surface area contributed by atoms with E-state index in [1.165, 1.54) is 23.1 Å². The van der Waals surface area contributed by atoms with Gasteiger partial charge in [0.05, 0.1) is 0 Å². The van der Waals surface area contributed by atoms with Gasteiger partial charge in [0, 0.05) is 12.6 Å². The lowest BCUT2D eigenvalue weighted by Crippen LogP contribution is -2.40. The van der Waals surface area contributed by atoms with Crippen LogP contribution in [-0.4, -0.2) is 24.5 Å². The van der Waals surface area contributed by atoms with Crippen LogP contribution in [0.3, 0.4) is 0 Å². The number of nitrogens with zero attached hydrogens (tertiary/aromatic N) is 1. The van der Waals surface area contributed by atoms with Crippen LogP contribution in [0, 0.1) is 19.3 Å². The molecule has 1 atom stereocenters. The summed E-state index contributed by atoms with van der Waals surface area (Å²) in [5.74, 6) is 0. The van der Waals surface area contributed by atoms with Crippen molar-refractivity contribution in [2.75, 3.05) is 19.6 Å². The van der Waals surface area contributed by atoms with Crippen LogP contribution in [0.2, 0.25) is 0 Å². The quantitative estimate of drug-likeness (QED) is 0.813. The van der Waals surface area contributed by atoms with Crippen molar-refractivity contribution in [1.29, 1.82) is 0 Å². The lowest BCUT2D eigenvalue weighted by molar-refractivity contribution is 0.140. The van der Waals surface area contributed by atoms with Crippen molar-refractivity contribution in [2.45, 2.75) is 54.0 Å². The normalized spacial score (nSPS) is 13.8. The number of aryl methyl sites for hydroxylation is 2. The van der Waals surface area contributed by atoms with E-state index in [1.807, 2.05) is 0 Å². The van der Waals surface area contributed by atoms with Crippen LogP contribution in [0.5, 0.6) is 0 Å². The largest absolute Gasteiger partial charge is 0.330 e. The zero-order valence-electron chi connectivity index (χ0n) is 14.2. The Balaban J connectivity index is 2.95. The third kappa shape index (κ3) is 4.92. The summed E-state index contributed by atoms with van der Waals surface area (Å²) in [5.41, 5.74) is 10.2. The van der Waals surface area contributed by atoms with Crippen LogP contribution in [-0.2, 0) is 0 Å². The van der Waals surface area contributed by atoms with E-state index in [0.717, 1.165) is 19.6 Å². The predicted octanol–water partition coefficient (Wildman–Crippen LogP) is 4.06. The number of nitrogens with two attached hydrogens (primary N) is 1. The maximum atomic E-state index is 5.91. The summed E-state index contributed by atoms with van der Waals surface area (Å²) < 4.78 is 0. The van der Waals surface area contributed by atoms with Crippen molar-refractivity contribution in [3.05, 3.63) is 34.9 Å². The molecule has 0 aliphatic carbocycles. The maximum absolute atomic E-state index is 5.91. The molecule has 0 fully saturated rings. The Hall–Kier alpha value is -0.860. The Labute approximate surface area is 125 Å². The summed E-state index contributed by atoms with van der Waals surface area (Å²) in [7, 11) is 0. The van der Waals surface area contributed by atoms with Gasteiger partial charge in [-0.25, -0.2) is 0 Å². The van der Waals surface area contributed by atoms with Crippen LogP contribution in [0.4, 0.5) is 0 Å². The van der Waals surface area contributed by atoms with Crippen molar-refractivity contribution in [1.82, 2.24) is 4.90 Å². The number of hydrogen-bond donors (Lipinski definition) is 1. The number of benzene rings is 1. The molecule has 0 radical (unpaired) electrons. The summed E-state index contributed by atoms with van der Waals surface area (Å²) in [6.45, 7) is 16.3. The number of rotatable bonds is 7. The Morgan fingerprint density at radius 1 is 1.15 bits per heavy atom. The predicted molar refractivity (Wildman–Crippen MR) is 89.0 cm³/mol. The molecule has 0 bridgehead atoms. The fourth-order valence-electron chi connectivity index (χ4n) is 2.77. The molecule has 20 heavy (non-hydrogen) atoms. The van der Waals surface area contributed by atoms with Crippen molar-refractivity contribution >= 4 is 0 Å². The highest BCUT2D eigenvalue weighted by atomic mass is 15.2. The first-order valence-electron chi connectivity index (χ1n) is 7.81. The van der Waals surface area contributed by atoms with Gasteiger partial charge in [-0.1, -0.05) is 50.1 Å². The van der Waals surface area contributed by atoms with Gasteiger partial charge in [-0.15, -0.1) is 0 Å². The Morgan fingerprint density at radius 3 is 2.15 bits per heavy atom. The zero-order chi connectivity index (χ0) is 15.3. The highest BCUT2D eigenvalue weighted by Gasteiger charge is 2.24. The standard InChI is InChI=1S/C18H32N2/c1-7-8-20(13-18(5,6)12-19)16(4)17-10-14(2)9-15(3)11-17/h9-11,16H,7-8,12-13,19H2,1-6H3. The van der Waals surface area contributed by atoms with Gasteiger partial charge in [-0.05, 0) is 51.3 Å². The molecule has 1 aromatic carbocycles. The van der Waals surface area contributed by atoms with Gasteiger partial charge in [0.15, 0.2) is 0 Å². The monoisotopic (exact) mass is 276 g/mol. The molecule has 0 saturated carbocycles. The molecule has 1 unspecified atom stereocenters. The summed E-state index contributed by atoms with van der Waals surface area (Å²) in [6.07, 6.45) is 1.18. The third-order valence-electron chi connectivity index (χ3n) is 3.97. The molecule has 2 N–H and O–H groups in total. The summed E-state index contributed by atoms with van der Waals surface area (Å²) in [6, 6.07) is 7.31. The van der Waals surface area contributed by atoms with E-state index >= 15 is 0 Å². The van der Waals surface area contributed by atoms with E-state index in [1.54, 1.807) is 0 Å². The molecule has 1 aromatic rings. The molecule has 0 amide bonds. The minimum Gasteiger partial charge on any atom is -0.330 e. The maximum Gasteiger partial charge on any atom is 0.0320 e. The summed E-state index contributed by atoms with van der Waals surface area (Å²) >= 11 is 0. The summed E-state index contributed by atoms with van der Waals surface area (Å²) in [4.78, 5) is 2.57. The van der Waals surface area contributed by atoms with Crippen molar-refractivity contribution in [3.63, 3.8) is 0 Å². The molecule has 0 saturated heterocycles. The lowest BCUT2D eigenvalue weighted by atomic mass is 9.91. The fourth-order valence-corrected chi connectivity index (χ4v) is 2.77. The average Bonchev–Trinajstić information content (AvgIpc) is 2.36. The second-order valence-electron chi connectivity index (χ2n) is 6.94. The van der Waals surface area contributed by atoms with Crippen LogP contribution < -0.4 is 5.73 Å². The minimum atomic E-state index is 0.169. The van der Waals surface area contributed by atoms with E-state index in [0.29, 0.717) is 6.04 Å². The number of hydrogen-bond acceptors (Lipinski definition) is 2. The second-order valence-corrected chi connectivity index (χ2v) is 6.94. The molecule has 114 valence electrons. The van der Waals surface area contributed by atoms with Crippen LogP contribution >= 0.6 is 0 Å². The molecule has 2 nitrogen and oxygen atoms in total. The fraction of sp³-hybridized carbons (Fsp3) is 0.667. The second kappa shape index (κ2) is 7.24. The lowest BCUT2D eigenvalue weighted by Gasteiger charge is -2.36. The molecule has 0 heterocycles. The highest BCUT2D eigenvalue weighted by molar-refractivity contribution is 5.30. The van der Waals surface area contributed by atoms with Crippen LogP contribution in [0.1, 0.15) is 56.8 Å². The van der Waals surface area contributed by atoms with Crippen LogP contribution in [0.15, 0.2) is 18.2 Å². The molecule has 0 spiro atoms. The van der Waals surface area contributed by atoms with E-state index in [2.05, 4.69) is 64.6 Å². The van der Waals surface area contributed by atoms with E-state index in [9.17, 15) is 0 Å². The van der Waals surface area contributed by atoms with E-state index < -0.39 is 0 Å². The van der Waals surface area contributed by atoms with Crippen molar-refractivity contribution < 1.29 is 0 Å². The highest BCUT2D eigenvalue weighted by Crippen LogP contribution is 2.26. The molecular weight excluding hydrogens is 244 g/mol. The van der Waals surface area contributed by atoms with Gasteiger partial charge in [-0.2, -0.15) is 0 Å². The first-order valence-corrected chi connectivity index (χ1v) is 7.81.